The number of pyridine rings is 1. The minimum atomic E-state index is -4.42. The lowest BCUT2D eigenvalue weighted by Gasteiger charge is -2.16. The Labute approximate surface area is 204 Å². The Morgan fingerprint density at radius 1 is 1.06 bits per heavy atom. The van der Waals surface area contributed by atoms with E-state index in [2.05, 4.69) is 30.6 Å². The van der Waals surface area contributed by atoms with Gasteiger partial charge in [-0.2, -0.15) is 23.1 Å². The standard InChI is InChI=1S/C24H23F3N8O/c25-24(26,27)17-4-1-3-16(13-17)14-29-21-20-22(33-23(32-21)31-18-6-8-28-9-7-18)35(15-30-20)12-11-34-10-2-5-19(34)36/h1,3-4,6-9,13,15H,2,5,10-12,14H2,(H2,28,29,31,32,33). The molecule has 1 saturated heterocycles. The van der Waals surface area contributed by atoms with Crippen molar-refractivity contribution in [3.05, 3.63) is 66.2 Å². The number of carbonyl (C=O) groups is 1. The third kappa shape index (κ3) is 5.21. The van der Waals surface area contributed by atoms with Crippen LogP contribution in [0.5, 0.6) is 0 Å². The van der Waals surface area contributed by atoms with Crippen molar-refractivity contribution >= 4 is 34.5 Å². The number of nitrogens with zero attached hydrogens (tertiary/aromatic N) is 6. The Morgan fingerprint density at radius 3 is 2.64 bits per heavy atom. The van der Waals surface area contributed by atoms with E-state index in [0.717, 1.165) is 30.8 Å². The summed E-state index contributed by atoms with van der Waals surface area (Å²) >= 11 is 0. The van der Waals surface area contributed by atoms with Crippen LogP contribution >= 0.6 is 0 Å². The van der Waals surface area contributed by atoms with Gasteiger partial charge in [-0.15, -0.1) is 0 Å². The minimum absolute atomic E-state index is 0.111. The predicted octanol–water partition coefficient (Wildman–Crippen LogP) is 4.22. The van der Waals surface area contributed by atoms with Crippen LogP contribution in [0, 0.1) is 0 Å². The maximum absolute atomic E-state index is 13.1. The molecule has 1 amide bonds. The van der Waals surface area contributed by atoms with E-state index in [4.69, 9.17) is 0 Å². The van der Waals surface area contributed by atoms with Crippen molar-refractivity contribution in [1.82, 2.24) is 29.4 Å². The molecule has 3 aromatic heterocycles. The third-order valence-corrected chi connectivity index (χ3v) is 5.90. The van der Waals surface area contributed by atoms with Crippen LogP contribution in [0.15, 0.2) is 55.1 Å². The molecule has 0 saturated carbocycles. The number of nitrogens with one attached hydrogen (secondary N) is 2. The molecule has 4 heterocycles. The number of halogens is 3. The van der Waals surface area contributed by atoms with Crippen molar-refractivity contribution in [2.24, 2.45) is 0 Å². The van der Waals surface area contributed by atoms with Crippen LogP contribution in [-0.4, -0.2) is 48.4 Å². The Morgan fingerprint density at radius 2 is 1.89 bits per heavy atom. The van der Waals surface area contributed by atoms with Gasteiger partial charge < -0.3 is 20.1 Å². The highest BCUT2D eigenvalue weighted by Crippen LogP contribution is 2.30. The van der Waals surface area contributed by atoms with E-state index < -0.39 is 11.7 Å². The molecule has 0 aliphatic carbocycles. The summed E-state index contributed by atoms with van der Waals surface area (Å²) in [4.78, 5) is 31.4. The first kappa shape index (κ1) is 23.5. The van der Waals surface area contributed by atoms with Gasteiger partial charge in [0.2, 0.25) is 11.9 Å². The largest absolute Gasteiger partial charge is 0.416 e. The zero-order chi connectivity index (χ0) is 25.1. The van der Waals surface area contributed by atoms with Crippen LogP contribution in [0.2, 0.25) is 0 Å². The maximum Gasteiger partial charge on any atom is 0.416 e. The number of hydrogen-bond acceptors (Lipinski definition) is 7. The number of imidazole rings is 1. The van der Waals surface area contributed by atoms with Gasteiger partial charge in [0.15, 0.2) is 17.0 Å². The van der Waals surface area contributed by atoms with Gasteiger partial charge in [-0.05, 0) is 36.2 Å². The highest BCUT2D eigenvalue weighted by atomic mass is 19.4. The molecular weight excluding hydrogens is 473 g/mol. The molecule has 1 fully saturated rings. The van der Waals surface area contributed by atoms with Crippen molar-refractivity contribution in [2.75, 3.05) is 23.7 Å². The molecule has 9 nitrogen and oxygen atoms in total. The summed E-state index contributed by atoms with van der Waals surface area (Å²) in [5.74, 6) is 0.807. The molecule has 5 rings (SSSR count). The lowest BCUT2D eigenvalue weighted by molar-refractivity contribution is -0.137. The Hall–Kier alpha value is -4.22. The molecule has 1 aromatic carbocycles. The van der Waals surface area contributed by atoms with Crippen LogP contribution in [0.1, 0.15) is 24.0 Å². The van der Waals surface area contributed by atoms with Crippen molar-refractivity contribution in [3.63, 3.8) is 0 Å². The average Bonchev–Trinajstić information content (AvgIpc) is 3.47. The number of aromatic nitrogens is 5. The lowest BCUT2D eigenvalue weighted by atomic mass is 10.1. The first-order chi connectivity index (χ1) is 17.4. The fraction of sp³-hybridized carbons (Fsp3) is 0.292. The van der Waals surface area contributed by atoms with Gasteiger partial charge in [0.25, 0.3) is 0 Å². The number of hydrogen-bond donors (Lipinski definition) is 2. The monoisotopic (exact) mass is 496 g/mol. The Kier molecular flexibility index (Phi) is 6.40. The van der Waals surface area contributed by atoms with Crippen LogP contribution in [0.4, 0.5) is 30.6 Å². The van der Waals surface area contributed by atoms with Gasteiger partial charge in [0.1, 0.15) is 0 Å². The number of alkyl halides is 3. The van der Waals surface area contributed by atoms with Gasteiger partial charge in [-0.3, -0.25) is 9.78 Å². The summed E-state index contributed by atoms with van der Waals surface area (Å²) in [6, 6.07) is 8.66. The van der Waals surface area contributed by atoms with Crippen LogP contribution in [-0.2, 0) is 24.1 Å². The highest BCUT2D eigenvalue weighted by Gasteiger charge is 2.30. The Balaban J connectivity index is 1.43. The molecule has 36 heavy (non-hydrogen) atoms. The number of benzene rings is 1. The molecule has 0 bridgehead atoms. The van der Waals surface area contributed by atoms with E-state index in [1.807, 2.05) is 9.47 Å². The number of likely N-dealkylation sites (tertiary alicyclic amines) is 1. The quantitative estimate of drug-likeness (QED) is 0.377. The van der Waals surface area contributed by atoms with E-state index in [9.17, 15) is 18.0 Å². The first-order valence-corrected chi connectivity index (χ1v) is 11.4. The van der Waals surface area contributed by atoms with E-state index in [1.165, 1.54) is 6.07 Å². The summed E-state index contributed by atoms with van der Waals surface area (Å²) in [5.41, 5.74) is 1.49. The zero-order valence-corrected chi connectivity index (χ0v) is 19.2. The van der Waals surface area contributed by atoms with Gasteiger partial charge in [-0.1, -0.05) is 12.1 Å². The molecule has 2 N–H and O–H groups in total. The van der Waals surface area contributed by atoms with Crippen molar-refractivity contribution < 1.29 is 18.0 Å². The van der Waals surface area contributed by atoms with E-state index >= 15 is 0 Å². The SMILES string of the molecule is O=C1CCCN1CCn1cnc2c(NCc3cccc(C(F)(F)F)c3)nc(Nc3ccncc3)nc21. The van der Waals surface area contributed by atoms with Crippen molar-refractivity contribution in [3.8, 4) is 0 Å². The maximum atomic E-state index is 13.1. The fourth-order valence-electron chi connectivity index (χ4n) is 4.06. The number of fused-ring (bicyclic) bond motifs is 1. The third-order valence-electron chi connectivity index (χ3n) is 5.90. The number of anilines is 3. The van der Waals surface area contributed by atoms with E-state index in [1.54, 1.807) is 36.9 Å². The van der Waals surface area contributed by atoms with Crippen molar-refractivity contribution in [1.29, 1.82) is 0 Å². The molecule has 186 valence electrons. The highest BCUT2D eigenvalue weighted by molar-refractivity contribution is 5.84. The molecule has 0 radical (unpaired) electrons. The molecular formula is C24H23F3N8O. The van der Waals surface area contributed by atoms with Crippen molar-refractivity contribution in [2.45, 2.75) is 32.1 Å². The molecule has 0 spiro atoms. The number of rotatable bonds is 8. The molecule has 1 aliphatic heterocycles. The zero-order valence-electron chi connectivity index (χ0n) is 19.2. The summed E-state index contributed by atoms with van der Waals surface area (Å²) in [5, 5.41) is 6.24. The van der Waals surface area contributed by atoms with E-state index in [-0.39, 0.29) is 12.5 Å². The predicted molar refractivity (Wildman–Crippen MR) is 127 cm³/mol. The van der Waals surface area contributed by atoms with Gasteiger partial charge in [0, 0.05) is 50.7 Å². The molecule has 0 atom stereocenters. The summed E-state index contributed by atoms with van der Waals surface area (Å²) in [7, 11) is 0. The van der Waals surface area contributed by atoms with Crippen LogP contribution in [0.3, 0.4) is 0 Å². The van der Waals surface area contributed by atoms with Gasteiger partial charge >= 0.3 is 6.18 Å². The molecule has 4 aromatic rings. The average molecular weight is 496 g/mol. The Bertz CT molecular complexity index is 1370. The fourth-order valence-corrected chi connectivity index (χ4v) is 4.06. The normalized spacial score (nSPS) is 14.0. The molecule has 1 aliphatic rings. The number of carbonyl (C=O) groups excluding carboxylic acids is 1. The second-order valence-corrected chi connectivity index (χ2v) is 8.40. The second kappa shape index (κ2) is 9.80. The summed E-state index contributed by atoms with van der Waals surface area (Å²) in [6.45, 7) is 1.88. The van der Waals surface area contributed by atoms with Crippen LogP contribution in [0.25, 0.3) is 11.2 Å². The topological polar surface area (TPSA) is 101 Å². The number of amides is 1. The van der Waals surface area contributed by atoms with Gasteiger partial charge in [-0.25, -0.2) is 4.98 Å². The van der Waals surface area contributed by atoms with Crippen LogP contribution < -0.4 is 10.6 Å². The lowest BCUT2D eigenvalue weighted by Crippen LogP contribution is -2.28. The molecule has 12 heteroatoms. The van der Waals surface area contributed by atoms with Gasteiger partial charge in [0.05, 0.1) is 11.9 Å². The summed E-state index contributed by atoms with van der Waals surface area (Å²) < 4.78 is 41.2. The van der Waals surface area contributed by atoms with E-state index in [0.29, 0.717) is 48.0 Å². The molecule has 0 unspecified atom stereocenters. The second-order valence-electron chi connectivity index (χ2n) is 8.40. The minimum Gasteiger partial charge on any atom is -0.364 e. The smallest absolute Gasteiger partial charge is 0.364 e. The summed E-state index contributed by atoms with van der Waals surface area (Å²) in [6.07, 6.45) is 1.89. The first-order valence-electron chi connectivity index (χ1n) is 11.4.